The van der Waals surface area contributed by atoms with E-state index in [1.165, 1.54) is 35.5 Å². The predicted molar refractivity (Wildman–Crippen MR) is 119 cm³/mol. The number of aliphatic hydroxyl groups excluding tert-OH is 1. The Balaban J connectivity index is 1.99. The molecule has 30 heavy (non-hydrogen) atoms. The van der Waals surface area contributed by atoms with E-state index >= 15 is 0 Å². The second-order valence-corrected chi connectivity index (χ2v) is 8.31. The Labute approximate surface area is 186 Å². The van der Waals surface area contributed by atoms with E-state index in [9.17, 15) is 14.7 Å². The zero-order chi connectivity index (χ0) is 21.4. The number of aliphatic hydroxyl groups is 1. The van der Waals surface area contributed by atoms with Gasteiger partial charge in [-0.2, -0.15) is 0 Å². The van der Waals surface area contributed by atoms with Gasteiger partial charge < -0.3 is 9.84 Å². The molecule has 2 aromatic carbocycles. The van der Waals surface area contributed by atoms with Crippen LogP contribution >= 0.6 is 34.5 Å². The van der Waals surface area contributed by atoms with Crippen molar-refractivity contribution in [1.82, 2.24) is 0 Å². The van der Waals surface area contributed by atoms with Crippen LogP contribution in [-0.4, -0.2) is 23.9 Å². The normalized spacial score (nSPS) is 18.1. The summed E-state index contributed by atoms with van der Waals surface area (Å²) in [5.74, 6) is -1.76. The van der Waals surface area contributed by atoms with Crippen LogP contribution in [0.25, 0.3) is 5.76 Å². The number of ketones is 1. The van der Waals surface area contributed by atoms with Crippen LogP contribution in [-0.2, 0) is 9.59 Å². The number of para-hydroxylation sites is 1. The number of thiophene rings is 1. The SMILES string of the molecule is COc1c(Cl)cc(Cl)cc1/C(O)=C1/C(=O)C(=O)N(c2ccccc2)C1c1cccs1. The van der Waals surface area contributed by atoms with Gasteiger partial charge in [0, 0.05) is 15.6 Å². The van der Waals surface area contributed by atoms with E-state index in [1.54, 1.807) is 24.3 Å². The Kier molecular flexibility index (Phi) is 5.56. The molecule has 1 atom stereocenters. The molecule has 8 heteroatoms. The number of methoxy groups -OCH3 is 1. The molecule has 1 saturated heterocycles. The second kappa shape index (κ2) is 8.14. The molecule has 4 rings (SSSR count). The van der Waals surface area contributed by atoms with Crippen LogP contribution in [0.15, 0.2) is 65.6 Å². The molecular formula is C22H15Cl2NO4S. The maximum atomic E-state index is 13.1. The number of halogens is 2. The van der Waals surface area contributed by atoms with Crippen molar-refractivity contribution in [3.63, 3.8) is 0 Å². The summed E-state index contributed by atoms with van der Waals surface area (Å²) >= 11 is 13.7. The maximum Gasteiger partial charge on any atom is 0.300 e. The molecule has 0 aliphatic carbocycles. The molecule has 1 aliphatic heterocycles. The van der Waals surface area contributed by atoms with Gasteiger partial charge in [-0.3, -0.25) is 14.5 Å². The Bertz CT molecular complexity index is 1160. The van der Waals surface area contributed by atoms with Crippen LogP contribution in [0.1, 0.15) is 16.5 Å². The van der Waals surface area contributed by atoms with Crippen molar-refractivity contribution < 1.29 is 19.4 Å². The van der Waals surface area contributed by atoms with Crippen molar-refractivity contribution in [2.45, 2.75) is 6.04 Å². The number of rotatable bonds is 4. The molecule has 1 aliphatic rings. The number of hydrogen-bond donors (Lipinski definition) is 1. The molecule has 2 heterocycles. The molecule has 0 radical (unpaired) electrons. The van der Waals surface area contributed by atoms with E-state index in [4.69, 9.17) is 27.9 Å². The number of ether oxygens (including phenoxy) is 1. The van der Waals surface area contributed by atoms with Crippen molar-refractivity contribution in [3.8, 4) is 5.75 Å². The fourth-order valence-electron chi connectivity index (χ4n) is 3.49. The molecule has 0 saturated carbocycles. The van der Waals surface area contributed by atoms with Crippen molar-refractivity contribution >= 4 is 57.7 Å². The highest BCUT2D eigenvalue weighted by molar-refractivity contribution is 7.10. The summed E-state index contributed by atoms with van der Waals surface area (Å²) in [6.45, 7) is 0. The van der Waals surface area contributed by atoms with E-state index in [0.29, 0.717) is 5.69 Å². The highest BCUT2D eigenvalue weighted by atomic mass is 35.5. The van der Waals surface area contributed by atoms with Crippen LogP contribution in [0.2, 0.25) is 10.0 Å². The van der Waals surface area contributed by atoms with E-state index in [0.717, 1.165) is 4.88 Å². The quantitative estimate of drug-likeness (QED) is 0.309. The molecule has 0 bridgehead atoms. The van der Waals surface area contributed by atoms with E-state index in [-0.39, 0.29) is 26.9 Å². The molecule has 5 nitrogen and oxygen atoms in total. The second-order valence-electron chi connectivity index (χ2n) is 6.49. The van der Waals surface area contributed by atoms with Crippen molar-refractivity contribution in [2.24, 2.45) is 0 Å². The average Bonchev–Trinajstić information content (AvgIpc) is 3.35. The topological polar surface area (TPSA) is 66.8 Å². The third-order valence-electron chi connectivity index (χ3n) is 4.76. The van der Waals surface area contributed by atoms with Gasteiger partial charge in [0.05, 0.1) is 23.3 Å². The standard InChI is InChI=1S/C22H15Cl2NO4S/c1-29-21-14(10-12(23)11-15(21)24)19(26)17-18(16-8-5-9-30-16)25(22(28)20(17)27)13-6-3-2-4-7-13/h2-11,18,26H,1H3/b19-17-. The van der Waals surface area contributed by atoms with Crippen LogP contribution in [0.3, 0.4) is 0 Å². The molecule has 0 spiro atoms. The first-order chi connectivity index (χ1) is 14.4. The van der Waals surface area contributed by atoms with Crippen LogP contribution in [0.4, 0.5) is 5.69 Å². The summed E-state index contributed by atoms with van der Waals surface area (Å²) < 4.78 is 5.32. The molecule has 1 unspecified atom stereocenters. The van der Waals surface area contributed by atoms with Crippen LogP contribution in [0, 0.1) is 0 Å². The number of Topliss-reactive ketones (excluding diaryl/α,β-unsaturated/α-hetero) is 1. The summed E-state index contributed by atoms with van der Waals surface area (Å²) in [6.07, 6.45) is 0. The van der Waals surface area contributed by atoms with Gasteiger partial charge in [-0.1, -0.05) is 47.5 Å². The van der Waals surface area contributed by atoms with Gasteiger partial charge in [-0.05, 0) is 35.7 Å². The third-order valence-corrected chi connectivity index (χ3v) is 6.18. The minimum Gasteiger partial charge on any atom is -0.507 e. The summed E-state index contributed by atoms with van der Waals surface area (Å²) in [5.41, 5.74) is 0.638. The fraction of sp³-hybridized carbons (Fsp3) is 0.0909. The summed E-state index contributed by atoms with van der Waals surface area (Å²) in [5, 5.41) is 13.5. The number of carbonyl (C=O) groups excluding carboxylic acids is 2. The zero-order valence-electron chi connectivity index (χ0n) is 15.6. The highest BCUT2D eigenvalue weighted by Crippen LogP contribution is 2.45. The number of amides is 1. The van der Waals surface area contributed by atoms with Gasteiger partial charge in [-0.15, -0.1) is 11.3 Å². The minimum absolute atomic E-state index is 0.0528. The van der Waals surface area contributed by atoms with E-state index in [2.05, 4.69) is 0 Å². The van der Waals surface area contributed by atoms with Gasteiger partial charge in [-0.25, -0.2) is 0 Å². The number of hydrogen-bond acceptors (Lipinski definition) is 5. The Morgan fingerprint density at radius 2 is 1.83 bits per heavy atom. The Hall–Kier alpha value is -2.80. The van der Waals surface area contributed by atoms with Crippen molar-refractivity contribution in [2.75, 3.05) is 12.0 Å². The molecular weight excluding hydrogens is 445 g/mol. The average molecular weight is 460 g/mol. The Morgan fingerprint density at radius 3 is 2.47 bits per heavy atom. The van der Waals surface area contributed by atoms with Crippen LogP contribution in [0.5, 0.6) is 5.75 Å². The minimum atomic E-state index is -0.798. The summed E-state index contributed by atoms with van der Waals surface area (Å²) in [7, 11) is 1.39. The largest absolute Gasteiger partial charge is 0.507 e. The lowest BCUT2D eigenvalue weighted by Crippen LogP contribution is -2.29. The van der Waals surface area contributed by atoms with Gasteiger partial charge in [0.1, 0.15) is 17.6 Å². The van der Waals surface area contributed by atoms with Gasteiger partial charge >= 0.3 is 0 Å². The molecule has 1 N–H and O–H groups in total. The van der Waals surface area contributed by atoms with E-state index in [1.807, 2.05) is 23.6 Å². The molecule has 152 valence electrons. The molecule has 1 fully saturated rings. The van der Waals surface area contributed by atoms with E-state index < -0.39 is 23.5 Å². The third kappa shape index (κ3) is 3.37. The number of benzene rings is 2. The van der Waals surface area contributed by atoms with Crippen molar-refractivity contribution in [3.05, 3.63) is 86.0 Å². The lowest BCUT2D eigenvalue weighted by Gasteiger charge is -2.24. The first-order valence-corrected chi connectivity index (χ1v) is 10.5. The summed E-state index contributed by atoms with van der Waals surface area (Å²) in [6, 6.07) is 14.6. The first-order valence-electron chi connectivity index (χ1n) is 8.87. The van der Waals surface area contributed by atoms with Crippen molar-refractivity contribution in [1.29, 1.82) is 0 Å². The lowest BCUT2D eigenvalue weighted by atomic mass is 9.99. The van der Waals surface area contributed by atoms with Gasteiger partial charge in [0.2, 0.25) is 0 Å². The number of anilines is 1. The molecule has 1 amide bonds. The molecule has 3 aromatic rings. The first kappa shape index (κ1) is 20.5. The summed E-state index contributed by atoms with van der Waals surface area (Å²) in [4.78, 5) is 28.2. The molecule has 1 aromatic heterocycles. The lowest BCUT2D eigenvalue weighted by molar-refractivity contribution is -0.132. The predicted octanol–water partition coefficient (Wildman–Crippen LogP) is 5.69. The van der Waals surface area contributed by atoms with Crippen LogP contribution < -0.4 is 9.64 Å². The smallest absolute Gasteiger partial charge is 0.300 e. The number of carbonyl (C=O) groups is 2. The Morgan fingerprint density at radius 1 is 1.10 bits per heavy atom. The van der Waals surface area contributed by atoms with Gasteiger partial charge in [0.15, 0.2) is 0 Å². The van der Waals surface area contributed by atoms with Gasteiger partial charge in [0.25, 0.3) is 11.7 Å². The monoisotopic (exact) mass is 459 g/mol. The fourth-order valence-corrected chi connectivity index (χ4v) is 4.89. The maximum absolute atomic E-state index is 13.1. The zero-order valence-corrected chi connectivity index (χ0v) is 18.0. The number of nitrogens with zero attached hydrogens (tertiary/aromatic N) is 1. The highest BCUT2D eigenvalue weighted by Gasteiger charge is 2.47.